The molecule has 0 fully saturated rings. The van der Waals surface area contributed by atoms with E-state index in [-0.39, 0.29) is 5.75 Å². The standard InChI is InChI=1S/C13H14O2/c1-13(15)7-5-10(6-8-13)11-3-2-4-12(14)9-11/h2-7,9,14-15H,8H2,1H3. The number of phenolic OH excluding ortho intramolecular Hbond substituents is 1. The summed E-state index contributed by atoms with van der Waals surface area (Å²) in [7, 11) is 0. The van der Waals surface area contributed by atoms with Crippen molar-refractivity contribution in [3.63, 3.8) is 0 Å². The number of aliphatic hydroxyl groups is 1. The number of hydrogen-bond donors (Lipinski definition) is 2. The Hall–Kier alpha value is -1.54. The molecule has 2 rings (SSSR count). The normalized spacial score (nSPS) is 25.1. The van der Waals surface area contributed by atoms with E-state index in [4.69, 9.17) is 0 Å². The Morgan fingerprint density at radius 1 is 1.33 bits per heavy atom. The van der Waals surface area contributed by atoms with Gasteiger partial charge in [-0.2, -0.15) is 0 Å². The van der Waals surface area contributed by atoms with Crippen molar-refractivity contribution >= 4 is 5.57 Å². The van der Waals surface area contributed by atoms with Gasteiger partial charge in [-0.3, -0.25) is 0 Å². The second kappa shape index (κ2) is 3.55. The van der Waals surface area contributed by atoms with Crippen LogP contribution in [0.5, 0.6) is 5.75 Å². The molecule has 1 aliphatic rings. The number of hydrogen-bond acceptors (Lipinski definition) is 2. The fourth-order valence-corrected chi connectivity index (χ4v) is 1.62. The zero-order chi connectivity index (χ0) is 10.9. The zero-order valence-electron chi connectivity index (χ0n) is 8.64. The second-order valence-electron chi connectivity index (χ2n) is 4.10. The van der Waals surface area contributed by atoms with Crippen molar-refractivity contribution in [2.75, 3.05) is 0 Å². The molecule has 78 valence electrons. The molecule has 0 saturated heterocycles. The van der Waals surface area contributed by atoms with Crippen LogP contribution in [-0.4, -0.2) is 15.8 Å². The third-order valence-electron chi connectivity index (χ3n) is 2.54. The summed E-state index contributed by atoms with van der Waals surface area (Å²) < 4.78 is 0. The summed E-state index contributed by atoms with van der Waals surface area (Å²) in [6.07, 6.45) is 6.26. The number of allylic oxidation sites excluding steroid dienone is 2. The Labute approximate surface area is 89.2 Å². The van der Waals surface area contributed by atoms with Crippen LogP contribution < -0.4 is 0 Å². The maximum atomic E-state index is 9.71. The molecule has 0 saturated carbocycles. The van der Waals surface area contributed by atoms with Crippen molar-refractivity contribution in [1.82, 2.24) is 0 Å². The van der Waals surface area contributed by atoms with Gasteiger partial charge in [-0.1, -0.05) is 30.4 Å². The summed E-state index contributed by atoms with van der Waals surface area (Å²) in [5.74, 6) is 0.263. The molecule has 0 radical (unpaired) electrons. The molecule has 0 bridgehead atoms. The minimum absolute atomic E-state index is 0.263. The van der Waals surface area contributed by atoms with Crippen molar-refractivity contribution in [1.29, 1.82) is 0 Å². The van der Waals surface area contributed by atoms with Gasteiger partial charge in [-0.25, -0.2) is 0 Å². The number of rotatable bonds is 1. The van der Waals surface area contributed by atoms with Gasteiger partial charge < -0.3 is 10.2 Å². The number of phenols is 1. The molecule has 15 heavy (non-hydrogen) atoms. The Bertz CT molecular complexity index is 428. The third kappa shape index (κ3) is 2.28. The first-order valence-corrected chi connectivity index (χ1v) is 4.98. The first-order valence-electron chi connectivity index (χ1n) is 4.98. The van der Waals surface area contributed by atoms with Crippen LogP contribution in [0.1, 0.15) is 18.9 Å². The first-order chi connectivity index (χ1) is 7.07. The van der Waals surface area contributed by atoms with Crippen LogP contribution in [-0.2, 0) is 0 Å². The van der Waals surface area contributed by atoms with E-state index >= 15 is 0 Å². The van der Waals surface area contributed by atoms with Gasteiger partial charge in [0.05, 0.1) is 5.60 Å². The highest BCUT2D eigenvalue weighted by Crippen LogP contribution is 2.27. The predicted molar refractivity (Wildman–Crippen MR) is 60.5 cm³/mol. The maximum Gasteiger partial charge on any atom is 0.116 e. The molecule has 0 amide bonds. The molecule has 2 N–H and O–H groups in total. The van der Waals surface area contributed by atoms with Crippen molar-refractivity contribution < 1.29 is 10.2 Å². The molecule has 1 aliphatic carbocycles. The zero-order valence-corrected chi connectivity index (χ0v) is 8.64. The van der Waals surface area contributed by atoms with E-state index in [1.165, 1.54) is 0 Å². The van der Waals surface area contributed by atoms with Gasteiger partial charge in [0, 0.05) is 0 Å². The SMILES string of the molecule is CC1(O)C=CC(c2cccc(O)c2)=CC1. The van der Waals surface area contributed by atoms with E-state index in [1.54, 1.807) is 25.1 Å². The monoisotopic (exact) mass is 202 g/mol. The van der Waals surface area contributed by atoms with E-state index in [2.05, 4.69) is 0 Å². The average molecular weight is 202 g/mol. The molecular weight excluding hydrogens is 188 g/mol. The highest BCUT2D eigenvalue weighted by atomic mass is 16.3. The van der Waals surface area contributed by atoms with Crippen LogP contribution in [0.4, 0.5) is 0 Å². The summed E-state index contributed by atoms with van der Waals surface area (Å²) in [4.78, 5) is 0. The summed E-state index contributed by atoms with van der Waals surface area (Å²) in [6.45, 7) is 1.78. The minimum atomic E-state index is -0.736. The summed E-state index contributed by atoms with van der Waals surface area (Å²) in [6, 6.07) is 7.12. The lowest BCUT2D eigenvalue weighted by Gasteiger charge is -2.21. The minimum Gasteiger partial charge on any atom is -0.508 e. The Morgan fingerprint density at radius 3 is 2.73 bits per heavy atom. The molecule has 2 nitrogen and oxygen atoms in total. The van der Waals surface area contributed by atoms with Crippen molar-refractivity contribution in [2.45, 2.75) is 18.9 Å². The summed E-state index contributed by atoms with van der Waals surface area (Å²) >= 11 is 0. The summed E-state index contributed by atoms with van der Waals surface area (Å²) in [5, 5.41) is 19.1. The summed E-state index contributed by atoms with van der Waals surface area (Å²) in [5.41, 5.74) is 1.28. The molecule has 1 unspecified atom stereocenters. The highest BCUT2D eigenvalue weighted by Gasteiger charge is 2.18. The van der Waals surface area contributed by atoms with Gasteiger partial charge in [0.2, 0.25) is 0 Å². The van der Waals surface area contributed by atoms with Gasteiger partial charge in [0.1, 0.15) is 5.75 Å². The molecule has 0 heterocycles. The van der Waals surface area contributed by atoms with E-state index in [9.17, 15) is 10.2 Å². The fourth-order valence-electron chi connectivity index (χ4n) is 1.62. The quantitative estimate of drug-likeness (QED) is 0.734. The van der Waals surface area contributed by atoms with Gasteiger partial charge in [0.25, 0.3) is 0 Å². The Morgan fingerprint density at radius 2 is 2.13 bits per heavy atom. The molecule has 1 aromatic carbocycles. The number of aromatic hydroxyl groups is 1. The van der Waals surface area contributed by atoms with Crippen LogP contribution in [0.25, 0.3) is 5.57 Å². The molecular formula is C13H14O2. The second-order valence-corrected chi connectivity index (χ2v) is 4.10. The van der Waals surface area contributed by atoms with Crippen LogP contribution >= 0.6 is 0 Å². The average Bonchev–Trinajstić information content (AvgIpc) is 2.17. The van der Waals surface area contributed by atoms with Crippen molar-refractivity contribution in [3.8, 4) is 5.75 Å². The third-order valence-corrected chi connectivity index (χ3v) is 2.54. The predicted octanol–water partition coefficient (Wildman–Crippen LogP) is 2.49. The van der Waals surface area contributed by atoms with Gasteiger partial charge in [-0.15, -0.1) is 0 Å². The molecule has 1 aromatic rings. The number of benzene rings is 1. The van der Waals surface area contributed by atoms with Crippen molar-refractivity contribution in [2.24, 2.45) is 0 Å². The largest absolute Gasteiger partial charge is 0.508 e. The van der Waals surface area contributed by atoms with E-state index in [0.29, 0.717) is 6.42 Å². The lowest BCUT2D eigenvalue weighted by molar-refractivity contribution is 0.114. The van der Waals surface area contributed by atoms with Gasteiger partial charge in [-0.05, 0) is 36.6 Å². The molecule has 0 aliphatic heterocycles. The fraction of sp³-hybridized carbons (Fsp3) is 0.231. The van der Waals surface area contributed by atoms with E-state index in [0.717, 1.165) is 11.1 Å². The molecule has 0 spiro atoms. The molecule has 1 atom stereocenters. The molecule has 0 aromatic heterocycles. The highest BCUT2D eigenvalue weighted by molar-refractivity contribution is 5.76. The Balaban J connectivity index is 2.28. The lowest BCUT2D eigenvalue weighted by atomic mass is 9.91. The topological polar surface area (TPSA) is 40.5 Å². The Kier molecular flexibility index (Phi) is 2.37. The van der Waals surface area contributed by atoms with E-state index < -0.39 is 5.60 Å². The van der Waals surface area contributed by atoms with Crippen molar-refractivity contribution in [3.05, 3.63) is 48.1 Å². The van der Waals surface area contributed by atoms with Crippen LogP contribution in [0.2, 0.25) is 0 Å². The molecule has 2 heteroatoms. The van der Waals surface area contributed by atoms with E-state index in [1.807, 2.05) is 24.3 Å². The van der Waals surface area contributed by atoms with Crippen LogP contribution in [0.3, 0.4) is 0 Å². The first kappa shape index (κ1) is 9.99. The van der Waals surface area contributed by atoms with Gasteiger partial charge in [0.15, 0.2) is 0 Å². The lowest BCUT2D eigenvalue weighted by Crippen LogP contribution is -2.21. The van der Waals surface area contributed by atoms with Crippen LogP contribution in [0, 0.1) is 0 Å². The smallest absolute Gasteiger partial charge is 0.116 e. The van der Waals surface area contributed by atoms with Crippen LogP contribution in [0.15, 0.2) is 42.5 Å². The maximum absolute atomic E-state index is 9.71. The van der Waals surface area contributed by atoms with Gasteiger partial charge >= 0.3 is 0 Å².